The lowest BCUT2D eigenvalue weighted by atomic mass is 10.1. The van der Waals surface area contributed by atoms with Gasteiger partial charge in [0.2, 0.25) is 10.0 Å². The lowest BCUT2D eigenvalue weighted by Crippen LogP contribution is -2.34. The summed E-state index contributed by atoms with van der Waals surface area (Å²) in [6, 6.07) is 5.31. The Morgan fingerprint density at radius 1 is 1.41 bits per heavy atom. The highest BCUT2D eigenvalue weighted by molar-refractivity contribution is 7.92. The van der Waals surface area contributed by atoms with Crippen molar-refractivity contribution in [1.29, 1.82) is 0 Å². The third-order valence-corrected chi connectivity index (χ3v) is 4.43. The van der Waals surface area contributed by atoms with Crippen LogP contribution < -0.4 is 14.8 Å². The Labute approximate surface area is 131 Å². The van der Waals surface area contributed by atoms with Gasteiger partial charge in [-0.25, -0.2) is 13.4 Å². The maximum absolute atomic E-state index is 11.6. The lowest BCUT2D eigenvalue weighted by Gasteiger charge is -2.23. The molecule has 9 heteroatoms. The highest BCUT2D eigenvalue weighted by atomic mass is 32.2. The Kier molecular flexibility index (Phi) is 3.53. The van der Waals surface area contributed by atoms with Gasteiger partial charge in [-0.1, -0.05) is 0 Å². The zero-order valence-corrected chi connectivity index (χ0v) is 13.4. The zero-order valence-electron chi connectivity index (χ0n) is 11.8. The lowest BCUT2D eigenvalue weighted by molar-refractivity contribution is -0.122. The summed E-state index contributed by atoms with van der Waals surface area (Å²) in [4.78, 5) is 15.9. The molecule has 2 aromatic rings. The largest absolute Gasteiger partial charge is 0.479 e. The molecule has 0 unspecified atom stereocenters. The summed E-state index contributed by atoms with van der Waals surface area (Å²) in [7, 11) is -3.35. The van der Waals surface area contributed by atoms with E-state index in [0.29, 0.717) is 22.3 Å². The van der Waals surface area contributed by atoms with E-state index in [2.05, 4.69) is 15.0 Å². The first-order valence-electron chi connectivity index (χ1n) is 6.37. The van der Waals surface area contributed by atoms with Crippen molar-refractivity contribution in [2.75, 3.05) is 16.3 Å². The van der Waals surface area contributed by atoms with Crippen LogP contribution in [0.3, 0.4) is 0 Å². The number of nitrogens with zero attached hydrogens (tertiary/aromatic N) is 1. The normalized spacial score (nSPS) is 17.4. The number of sulfonamides is 1. The molecule has 2 N–H and O–H groups in total. The van der Waals surface area contributed by atoms with Crippen LogP contribution in [0.15, 0.2) is 23.6 Å². The summed E-state index contributed by atoms with van der Waals surface area (Å²) in [5.74, 6) is 0.392. The van der Waals surface area contributed by atoms with Crippen LogP contribution >= 0.6 is 11.3 Å². The van der Waals surface area contributed by atoms with Crippen LogP contribution in [-0.4, -0.2) is 31.7 Å². The maximum atomic E-state index is 11.6. The first-order chi connectivity index (χ1) is 10.3. The molecule has 0 radical (unpaired) electrons. The second kappa shape index (κ2) is 5.25. The molecule has 1 atom stereocenters. The van der Waals surface area contributed by atoms with Gasteiger partial charge in [-0.2, -0.15) is 0 Å². The molecule has 116 valence electrons. The highest BCUT2D eigenvalue weighted by Gasteiger charge is 2.23. The van der Waals surface area contributed by atoms with E-state index in [1.54, 1.807) is 24.4 Å². The van der Waals surface area contributed by atoms with Gasteiger partial charge in [0.25, 0.3) is 5.91 Å². The first-order valence-corrected chi connectivity index (χ1v) is 9.14. The predicted molar refractivity (Wildman–Crippen MR) is 84.7 cm³/mol. The third-order valence-electron chi connectivity index (χ3n) is 2.98. The fourth-order valence-corrected chi connectivity index (χ4v) is 3.55. The van der Waals surface area contributed by atoms with Crippen LogP contribution in [0.2, 0.25) is 0 Å². The molecule has 0 bridgehead atoms. The smallest absolute Gasteiger partial charge is 0.265 e. The molecule has 1 aromatic carbocycles. The number of hydrogen-bond acceptors (Lipinski definition) is 6. The van der Waals surface area contributed by atoms with Crippen LogP contribution in [0.5, 0.6) is 5.75 Å². The number of thiazole rings is 1. The van der Waals surface area contributed by atoms with Crippen LogP contribution in [0.1, 0.15) is 6.92 Å². The monoisotopic (exact) mass is 339 g/mol. The zero-order chi connectivity index (χ0) is 15.9. The quantitative estimate of drug-likeness (QED) is 0.890. The summed E-state index contributed by atoms with van der Waals surface area (Å²) in [5, 5.41) is 4.80. The molecule has 2 heterocycles. The van der Waals surface area contributed by atoms with E-state index >= 15 is 0 Å². The topological polar surface area (TPSA) is 97.4 Å². The number of hydrogen-bond donors (Lipinski definition) is 2. The molecule has 0 saturated heterocycles. The Morgan fingerprint density at radius 2 is 2.18 bits per heavy atom. The number of nitrogens with one attached hydrogen (secondary N) is 2. The van der Waals surface area contributed by atoms with Gasteiger partial charge in [0, 0.05) is 10.9 Å². The van der Waals surface area contributed by atoms with Gasteiger partial charge in [0.15, 0.2) is 11.2 Å². The number of ether oxygens (including phenoxy) is 1. The fraction of sp³-hybridized carbons (Fsp3) is 0.231. The highest BCUT2D eigenvalue weighted by Crippen LogP contribution is 2.34. The first kappa shape index (κ1) is 14.8. The number of amides is 1. The minimum absolute atomic E-state index is 0.206. The number of aromatic nitrogens is 1. The molecular formula is C13H13N3O4S2. The van der Waals surface area contributed by atoms with Crippen molar-refractivity contribution in [3.05, 3.63) is 23.6 Å². The number of anilines is 2. The van der Waals surface area contributed by atoms with Gasteiger partial charge < -0.3 is 10.1 Å². The summed E-state index contributed by atoms with van der Waals surface area (Å²) in [6.45, 7) is 1.68. The van der Waals surface area contributed by atoms with Gasteiger partial charge >= 0.3 is 0 Å². The maximum Gasteiger partial charge on any atom is 0.265 e. The van der Waals surface area contributed by atoms with Gasteiger partial charge in [0.1, 0.15) is 5.75 Å². The molecule has 0 aliphatic carbocycles. The van der Waals surface area contributed by atoms with E-state index in [1.807, 2.05) is 6.07 Å². The van der Waals surface area contributed by atoms with Crippen molar-refractivity contribution >= 4 is 38.1 Å². The predicted octanol–water partition coefficient (Wildman–Crippen LogP) is 1.90. The SMILES string of the molecule is C[C@@H]1Oc2ccc(-c3csc(NS(C)(=O)=O)n3)cc2NC1=O. The van der Waals surface area contributed by atoms with Crippen molar-refractivity contribution in [2.24, 2.45) is 0 Å². The molecule has 0 fully saturated rings. The molecule has 1 amide bonds. The molecule has 3 rings (SSSR count). The second-order valence-corrected chi connectivity index (χ2v) is 7.48. The van der Waals surface area contributed by atoms with Crippen molar-refractivity contribution in [1.82, 2.24) is 4.98 Å². The summed E-state index contributed by atoms with van der Waals surface area (Å²) in [6.07, 6.45) is 0.546. The van der Waals surface area contributed by atoms with E-state index in [4.69, 9.17) is 4.74 Å². The average Bonchev–Trinajstić information content (AvgIpc) is 2.86. The molecule has 7 nitrogen and oxygen atoms in total. The molecule has 22 heavy (non-hydrogen) atoms. The molecular weight excluding hydrogens is 326 g/mol. The Bertz CT molecular complexity index is 845. The minimum atomic E-state index is -3.35. The van der Waals surface area contributed by atoms with Crippen LogP contribution in [0.25, 0.3) is 11.3 Å². The van der Waals surface area contributed by atoms with Crippen molar-refractivity contribution in [3.63, 3.8) is 0 Å². The number of benzene rings is 1. The second-order valence-electron chi connectivity index (χ2n) is 4.87. The molecule has 1 aliphatic heterocycles. The van der Waals surface area contributed by atoms with E-state index in [9.17, 15) is 13.2 Å². The summed E-state index contributed by atoms with van der Waals surface area (Å²) >= 11 is 1.19. The standard InChI is InChI=1S/C13H13N3O4S2/c1-7-12(17)14-9-5-8(3-4-11(9)20-7)10-6-21-13(15-10)16-22(2,18)19/h3-7H,1-2H3,(H,14,17)(H,15,16)/t7-/m0/s1. The van der Waals surface area contributed by atoms with Gasteiger partial charge in [-0.3, -0.25) is 9.52 Å². The van der Waals surface area contributed by atoms with Gasteiger partial charge in [-0.05, 0) is 25.1 Å². The van der Waals surface area contributed by atoms with E-state index in [0.717, 1.165) is 11.8 Å². The molecule has 1 aromatic heterocycles. The van der Waals surface area contributed by atoms with E-state index in [-0.39, 0.29) is 5.91 Å². The number of fused-ring (bicyclic) bond motifs is 1. The summed E-state index contributed by atoms with van der Waals surface area (Å²) < 4.78 is 30.2. The average molecular weight is 339 g/mol. The molecule has 0 saturated carbocycles. The Hall–Kier alpha value is -2.13. The van der Waals surface area contributed by atoms with Crippen LogP contribution in [-0.2, 0) is 14.8 Å². The fourth-order valence-electron chi connectivity index (χ4n) is 1.98. The summed E-state index contributed by atoms with van der Waals surface area (Å²) in [5.41, 5.74) is 1.95. The Morgan fingerprint density at radius 3 is 2.91 bits per heavy atom. The number of carbonyl (C=O) groups excluding carboxylic acids is 1. The Balaban J connectivity index is 1.90. The van der Waals surface area contributed by atoms with E-state index in [1.165, 1.54) is 11.3 Å². The number of carbonyl (C=O) groups is 1. The van der Waals surface area contributed by atoms with Gasteiger partial charge in [0.05, 0.1) is 17.6 Å². The van der Waals surface area contributed by atoms with Crippen molar-refractivity contribution in [3.8, 4) is 17.0 Å². The third kappa shape index (κ3) is 3.04. The molecule has 0 spiro atoms. The van der Waals surface area contributed by atoms with E-state index < -0.39 is 16.1 Å². The molecule has 1 aliphatic rings. The van der Waals surface area contributed by atoms with Crippen molar-refractivity contribution in [2.45, 2.75) is 13.0 Å². The van der Waals surface area contributed by atoms with Gasteiger partial charge in [-0.15, -0.1) is 11.3 Å². The minimum Gasteiger partial charge on any atom is -0.479 e. The van der Waals surface area contributed by atoms with Crippen LogP contribution in [0.4, 0.5) is 10.8 Å². The number of rotatable bonds is 3. The van der Waals surface area contributed by atoms with Crippen molar-refractivity contribution < 1.29 is 17.9 Å². The van der Waals surface area contributed by atoms with Crippen LogP contribution in [0, 0.1) is 0 Å².